The number of unbranched alkanes of at least 4 members (excludes halogenated alkanes) is 2. The van der Waals surface area contributed by atoms with E-state index < -0.39 is 11.9 Å². The van der Waals surface area contributed by atoms with E-state index in [4.69, 9.17) is 15.9 Å². The van der Waals surface area contributed by atoms with Crippen LogP contribution in [0, 0.1) is 0 Å². The van der Waals surface area contributed by atoms with Gasteiger partial charge in [-0.15, -0.1) is 0 Å². The minimum absolute atomic E-state index is 0.167. The summed E-state index contributed by atoms with van der Waals surface area (Å²) < 4.78 is 0. The Kier molecular flexibility index (Phi) is 11.1. The molecule has 0 radical (unpaired) electrons. The van der Waals surface area contributed by atoms with Gasteiger partial charge in [-0.3, -0.25) is 0 Å². The van der Waals surface area contributed by atoms with Gasteiger partial charge in [-0.2, -0.15) is 0 Å². The summed E-state index contributed by atoms with van der Waals surface area (Å²) in [6.07, 6.45) is 4.84. The first-order chi connectivity index (χ1) is 7.86. The average molecular weight is 243 g/mol. The zero-order valence-corrected chi connectivity index (χ0v) is 10.4. The molecular weight excluding hydrogens is 222 g/mol. The van der Waals surface area contributed by atoms with Crippen molar-refractivity contribution in [2.45, 2.75) is 39.5 Å². The summed E-state index contributed by atoms with van der Waals surface area (Å²) >= 11 is 0. The number of hydrogen-bond donors (Lipinski definition) is 3. The van der Waals surface area contributed by atoms with E-state index >= 15 is 0 Å². The van der Waals surface area contributed by atoms with Crippen LogP contribution in [0.5, 0.6) is 0 Å². The molecule has 0 aliphatic rings. The topological polar surface area (TPSA) is 101 Å². The normalized spacial score (nSPS) is 10.1. The minimum Gasteiger partial charge on any atom is -0.478 e. The molecule has 0 saturated carbocycles. The van der Waals surface area contributed by atoms with Crippen LogP contribution < -0.4 is 5.73 Å². The molecule has 0 unspecified atom stereocenters. The molecule has 0 aromatic rings. The van der Waals surface area contributed by atoms with Crippen LogP contribution in [-0.2, 0) is 9.59 Å². The first-order valence-electron chi connectivity index (χ1n) is 5.39. The lowest BCUT2D eigenvalue weighted by Crippen LogP contribution is -1.98. The highest BCUT2D eigenvalue weighted by molar-refractivity contribution is 5.85. The van der Waals surface area contributed by atoms with Crippen LogP contribution in [0.4, 0.5) is 0 Å². The monoisotopic (exact) mass is 243 g/mol. The van der Waals surface area contributed by atoms with Crippen LogP contribution in [0.2, 0.25) is 0 Å². The Balaban J connectivity index is 0. The zero-order chi connectivity index (χ0) is 13.8. The Morgan fingerprint density at radius 1 is 1.24 bits per heavy atom. The van der Waals surface area contributed by atoms with E-state index in [1.165, 1.54) is 6.92 Å². The Morgan fingerprint density at radius 2 is 1.76 bits per heavy atom. The predicted molar refractivity (Wildman–Crippen MR) is 66.5 cm³/mol. The molecule has 0 bridgehead atoms. The van der Waals surface area contributed by atoms with Gasteiger partial charge in [0.2, 0.25) is 0 Å². The van der Waals surface area contributed by atoms with Crippen molar-refractivity contribution in [3.63, 3.8) is 0 Å². The molecule has 5 heteroatoms. The number of hydrogen-bond acceptors (Lipinski definition) is 3. The van der Waals surface area contributed by atoms with Crippen LogP contribution in [0.3, 0.4) is 0 Å². The van der Waals surface area contributed by atoms with Gasteiger partial charge in [0.15, 0.2) is 0 Å². The third-order valence-corrected chi connectivity index (χ3v) is 1.97. The lowest BCUT2D eigenvalue weighted by molar-refractivity contribution is -0.133. The highest BCUT2D eigenvalue weighted by atomic mass is 16.4. The molecule has 0 rings (SSSR count). The fourth-order valence-electron chi connectivity index (χ4n) is 0.767. The van der Waals surface area contributed by atoms with Gasteiger partial charge in [0.25, 0.3) is 0 Å². The Hall–Kier alpha value is -1.78. The van der Waals surface area contributed by atoms with Crippen molar-refractivity contribution >= 4 is 11.9 Å². The molecule has 17 heavy (non-hydrogen) atoms. The standard InChI is InChI=1S/C8H14O2.C4H7NO2/c1-3-4-5-6-7(2)8(9)10;1-3(2-5)4(6)7/h2-6H2,1H3,(H,9,10);2H,5H2,1H3,(H,6,7). The van der Waals surface area contributed by atoms with Gasteiger partial charge in [0.05, 0.1) is 0 Å². The van der Waals surface area contributed by atoms with Gasteiger partial charge in [0, 0.05) is 17.3 Å². The highest BCUT2D eigenvalue weighted by Crippen LogP contribution is 2.06. The lowest BCUT2D eigenvalue weighted by Gasteiger charge is -1.97. The maximum atomic E-state index is 10.2. The van der Waals surface area contributed by atoms with Crippen LogP contribution in [0.1, 0.15) is 39.5 Å². The summed E-state index contributed by atoms with van der Waals surface area (Å²) in [5.41, 5.74) is 5.32. The van der Waals surface area contributed by atoms with Crippen LogP contribution >= 0.6 is 0 Å². The third-order valence-electron chi connectivity index (χ3n) is 1.97. The van der Waals surface area contributed by atoms with Gasteiger partial charge in [0.1, 0.15) is 0 Å². The predicted octanol–water partition coefficient (Wildman–Crippen LogP) is 2.14. The number of aliphatic carboxylic acids is 2. The summed E-state index contributed by atoms with van der Waals surface area (Å²) in [6, 6.07) is 0. The highest BCUT2D eigenvalue weighted by Gasteiger charge is 2.01. The zero-order valence-electron chi connectivity index (χ0n) is 10.4. The summed E-state index contributed by atoms with van der Waals surface area (Å²) in [6.45, 7) is 6.95. The second-order valence-corrected chi connectivity index (χ2v) is 3.52. The smallest absolute Gasteiger partial charge is 0.332 e. The van der Waals surface area contributed by atoms with E-state index in [1.807, 2.05) is 0 Å². The lowest BCUT2D eigenvalue weighted by atomic mass is 10.1. The summed E-state index contributed by atoms with van der Waals surface area (Å²) in [5.74, 6) is -1.83. The summed E-state index contributed by atoms with van der Waals surface area (Å²) in [7, 11) is 0. The van der Waals surface area contributed by atoms with Crippen molar-refractivity contribution in [1.82, 2.24) is 0 Å². The second kappa shape index (κ2) is 10.7. The number of nitrogens with two attached hydrogens (primary N) is 1. The maximum Gasteiger partial charge on any atom is 0.332 e. The van der Waals surface area contributed by atoms with Crippen LogP contribution in [0.25, 0.3) is 0 Å². The van der Waals surface area contributed by atoms with E-state index in [0.717, 1.165) is 25.5 Å². The Labute approximate surface area is 102 Å². The quantitative estimate of drug-likeness (QED) is 0.490. The van der Waals surface area contributed by atoms with E-state index in [2.05, 4.69) is 13.5 Å². The van der Waals surface area contributed by atoms with Gasteiger partial charge in [-0.25, -0.2) is 9.59 Å². The first-order valence-corrected chi connectivity index (χ1v) is 5.39. The molecule has 0 aromatic carbocycles. The van der Waals surface area contributed by atoms with E-state index in [0.29, 0.717) is 12.0 Å². The van der Waals surface area contributed by atoms with Crippen molar-refractivity contribution in [3.05, 3.63) is 23.9 Å². The van der Waals surface area contributed by atoms with Crippen molar-refractivity contribution in [3.8, 4) is 0 Å². The molecule has 0 heterocycles. The SMILES string of the molecule is C=C(CCCCC)C(=O)O.CC(=CN)C(=O)O. The molecule has 0 atom stereocenters. The number of carboxylic acids is 2. The molecule has 0 amide bonds. The average Bonchev–Trinajstić information content (AvgIpc) is 2.28. The molecule has 4 N–H and O–H groups in total. The summed E-state index contributed by atoms with van der Waals surface area (Å²) in [5, 5.41) is 16.4. The van der Waals surface area contributed by atoms with Crippen molar-refractivity contribution in [2.75, 3.05) is 0 Å². The third kappa shape index (κ3) is 12.2. The fraction of sp³-hybridized carbons (Fsp3) is 0.500. The first kappa shape index (κ1) is 17.6. The maximum absolute atomic E-state index is 10.2. The molecule has 0 spiro atoms. The number of carbonyl (C=O) groups is 2. The van der Waals surface area contributed by atoms with Crippen molar-refractivity contribution < 1.29 is 19.8 Å². The number of rotatable bonds is 6. The number of carboxylic acid groups (broad SMARTS) is 2. The molecule has 0 fully saturated rings. The molecule has 0 saturated heterocycles. The Morgan fingerprint density at radius 3 is 2.00 bits per heavy atom. The van der Waals surface area contributed by atoms with Crippen molar-refractivity contribution in [2.24, 2.45) is 5.73 Å². The largest absolute Gasteiger partial charge is 0.478 e. The summed E-state index contributed by atoms with van der Waals surface area (Å²) in [4.78, 5) is 20.0. The van der Waals surface area contributed by atoms with Crippen LogP contribution in [-0.4, -0.2) is 22.2 Å². The molecule has 0 aliphatic heterocycles. The van der Waals surface area contributed by atoms with Gasteiger partial charge >= 0.3 is 11.9 Å². The van der Waals surface area contributed by atoms with Gasteiger partial charge < -0.3 is 15.9 Å². The minimum atomic E-state index is -0.970. The Bertz CT molecular complexity index is 295. The molecule has 0 aliphatic carbocycles. The molecule has 98 valence electrons. The van der Waals surface area contributed by atoms with Crippen molar-refractivity contribution in [1.29, 1.82) is 0 Å². The molecule has 0 aromatic heterocycles. The van der Waals surface area contributed by atoms with Gasteiger partial charge in [-0.05, 0) is 19.8 Å². The molecule has 5 nitrogen and oxygen atoms in total. The van der Waals surface area contributed by atoms with E-state index in [1.54, 1.807) is 0 Å². The van der Waals surface area contributed by atoms with Crippen LogP contribution in [0.15, 0.2) is 23.9 Å². The van der Waals surface area contributed by atoms with Gasteiger partial charge in [-0.1, -0.05) is 26.3 Å². The van der Waals surface area contributed by atoms with E-state index in [9.17, 15) is 9.59 Å². The molecular formula is C12H21NO4. The second-order valence-electron chi connectivity index (χ2n) is 3.52. The van der Waals surface area contributed by atoms with E-state index in [-0.39, 0.29) is 5.57 Å². The fourth-order valence-corrected chi connectivity index (χ4v) is 0.767.